The molecule has 0 aromatic heterocycles. The molecule has 2 N–H and O–H groups in total. The summed E-state index contributed by atoms with van der Waals surface area (Å²) in [6, 6.07) is 0. The number of rotatable bonds is 10. The van der Waals surface area contributed by atoms with E-state index in [0.29, 0.717) is 0 Å². The van der Waals surface area contributed by atoms with Crippen LogP contribution in [0.2, 0.25) is 0 Å². The number of nitrogens with zero attached hydrogens (tertiary/aromatic N) is 1. The van der Waals surface area contributed by atoms with Gasteiger partial charge in [-0.1, -0.05) is 0 Å². The summed E-state index contributed by atoms with van der Waals surface area (Å²) in [6.45, 7) is 3.32. The van der Waals surface area contributed by atoms with Crippen LogP contribution >= 0.6 is 7.37 Å². The van der Waals surface area contributed by atoms with Crippen LogP contribution in [0.3, 0.4) is 0 Å². The summed E-state index contributed by atoms with van der Waals surface area (Å²) in [5.74, 6) is -1.75. The number of esters is 1. The highest BCUT2D eigenvalue weighted by Gasteiger charge is 2.27. The molecule has 1 atom stereocenters. The topological polar surface area (TPSA) is 130 Å². The van der Waals surface area contributed by atoms with E-state index in [1.165, 1.54) is 0 Å². The first kappa shape index (κ1) is 20.4. The first-order valence-corrected chi connectivity index (χ1v) is 8.84. The Morgan fingerprint density at radius 2 is 1.68 bits per heavy atom. The van der Waals surface area contributed by atoms with Gasteiger partial charge >= 0.3 is 18.0 Å². The second kappa shape index (κ2) is 10.2. The summed E-state index contributed by atoms with van der Waals surface area (Å²) >= 11 is 0. The molecule has 0 rings (SSSR count). The summed E-state index contributed by atoms with van der Waals surface area (Å²) in [6.07, 6.45) is -2.50. The molecule has 1 amide bonds. The molecular weight excluding hydrogens is 317 g/mol. The predicted octanol–water partition coefficient (Wildman–Crippen LogP) is 1.10. The van der Waals surface area contributed by atoms with Crippen LogP contribution in [0.15, 0.2) is 0 Å². The number of carboxylic acids is 1. The van der Waals surface area contributed by atoms with Crippen molar-refractivity contribution in [2.75, 3.05) is 32.2 Å². The van der Waals surface area contributed by atoms with Crippen LogP contribution in [0, 0.1) is 0 Å². The molecule has 0 aliphatic carbocycles. The van der Waals surface area contributed by atoms with Crippen molar-refractivity contribution < 1.29 is 38.4 Å². The number of hydrogen-bond donors (Lipinski definition) is 2. The number of carboxylic acid groups (broad SMARTS) is 1. The molecule has 0 saturated heterocycles. The molecule has 0 fully saturated rings. The lowest BCUT2D eigenvalue weighted by atomic mass is 10.4. The van der Waals surface area contributed by atoms with Gasteiger partial charge in [-0.25, -0.2) is 4.79 Å². The highest BCUT2D eigenvalue weighted by atomic mass is 31.2. The Hall–Kier alpha value is -1.60. The fourth-order valence-corrected chi connectivity index (χ4v) is 2.97. The maximum absolute atomic E-state index is 11.9. The summed E-state index contributed by atoms with van der Waals surface area (Å²) in [7, 11) is -3.86. The largest absolute Gasteiger partial charge is 0.481 e. The van der Waals surface area contributed by atoms with E-state index in [2.05, 4.69) is 0 Å². The Morgan fingerprint density at radius 3 is 2.18 bits per heavy atom. The van der Waals surface area contributed by atoms with Crippen LogP contribution in [0.25, 0.3) is 0 Å². The molecule has 128 valence electrons. The molecule has 0 spiro atoms. The molecule has 0 radical (unpaired) electrons. The van der Waals surface area contributed by atoms with Gasteiger partial charge in [0.1, 0.15) is 6.29 Å². The van der Waals surface area contributed by atoms with Crippen molar-refractivity contribution in [3.63, 3.8) is 0 Å². The van der Waals surface area contributed by atoms with Gasteiger partial charge in [-0.15, -0.1) is 0 Å². The zero-order valence-corrected chi connectivity index (χ0v) is 13.6. The summed E-state index contributed by atoms with van der Waals surface area (Å²) in [4.78, 5) is 44.2. The molecule has 0 heterocycles. The van der Waals surface area contributed by atoms with Gasteiger partial charge in [0.2, 0.25) is 7.37 Å². The van der Waals surface area contributed by atoms with E-state index in [0.717, 1.165) is 4.90 Å². The number of aliphatic carboxylic acids is 1. The van der Waals surface area contributed by atoms with Crippen molar-refractivity contribution >= 4 is 25.4 Å². The lowest BCUT2D eigenvalue weighted by Gasteiger charge is -2.24. The average Bonchev–Trinajstić information content (AvgIpc) is 2.42. The van der Waals surface area contributed by atoms with Crippen LogP contribution in [0.1, 0.15) is 26.7 Å². The van der Waals surface area contributed by atoms with Gasteiger partial charge in [0.15, 0.2) is 0 Å². The lowest BCUT2D eigenvalue weighted by Crippen LogP contribution is -2.35. The van der Waals surface area contributed by atoms with Crippen molar-refractivity contribution in [2.45, 2.75) is 26.7 Å². The van der Waals surface area contributed by atoms with Crippen molar-refractivity contribution in [1.29, 1.82) is 0 Å². The number of carbonyl (C=O) groups is 3. The maximum atomic E-state index is 11.9. The summed E-state index contributed by atoms with van der Waals surface area (Å²) in [5.41, 5.74) is 0. The zero-order chi connectivity index (χ0) is 17.2. The fourth-order valence-electron chi connectivity index (χ4n) is 1.50. The third-order valence-electron chi connectivity index (χ3n) is 2.48. The molecule has 0 saturated carbocycles. The Kier molecular flexibility index (Phi) is 9.44. The molecule has 22 heavy (non-hydrogen) atoms. The van der Waals surface area contributed by atoms with Crippen LogP contribution in [0.4, 0.5) is 4.79 Å². The van der Waals surface area contributed by atoms with Crippen molar-refractivity contribution in [3.8, 4) is 0 Å². The van der Waals surface area contributed by atoms with Crippen LogP contribution < -0.4 is 0 Å². The lowest BCUT2D eigenvalue weighted by molar-refractivity contribution is -0.143. The first-order chi connectivity index (χ1) is 10.2. The fraction of sp³-hybridized carbons (Fsp3) is 0.750. The third-order valence-corrected chi connectivity index (χ3v) is 4.19. The van der Waals surface area contributed by atoms with E-state index in [9.17, 15) is 23.8 Å². The van der Waals surface area contributed by atoms with Gasteiger partial charge in [-0.3, -0.25) is 19.1 Å². The first-order valence-electron chi connectivity index (χ1n) is 6.81. The second-order valence-corrected chi connectivity index (χ2v) is 6.80. The molecule has 1 unspecified atom stereocenters. The summed E-state index contributed by atoms with van der Waals surface area (Å²) < 4.78 is 21.4. The van der Waals surface area contributed by atoms with Gasteiger partial charge in [0, 0.05) is 12.7 Å². The molecule has 9 nitrogen and oxygen atoms in total. The number of amides is 1. The third kappa shape index (κ3) is 9.36. The summed E-state index contributed by atoms with van der Waals surface area (Å²) in [5, 5.41) is 8.54. The average molecular weight is 339 g/mol. The minimum atomic E-state index is -3.86. The molecular formula is C12H22NO8P. The SMILES string of the molecule is CCOC(=O)CCN(CP(=O)(O)CCC(=O)O)C(=O)OCC. The van der Waals surface area contributed by atoms with E-state index in [-0.39, 0.29) is 26.2 Å². The van der Waals surface area contributed by atoms with Crippen LogP contribution in [0.5, 0.6) is 0 Å². The molecule has 0 aliphatic rings. The molecule has 0 aliphatic heterocycles. The zero-order valence-electron chi connectivity index (χ0n) is 12.7. The maximum Gasteiger partial charge on any atom is 0.410 e. The molecule has 10 heteroatoms. The minimum Gasteiger partial charge on any atom is -0.481 e. The molecule has 0 aromatic carbocycles. The Bertz CT molecular complexity index is 439. The van der Waals surface area contributed by atoms with Crippen molar-refractivity contribution in [1.82, 2.24) is 4.90 Å². The van der Waals surface area contributed by atoms with Crippen LogP contribution in [-0.2, 0) is 23.6 Å². The van der Waals surface area contributed by atoms with Gasteiger partial charge < -0.3 is 19.5 Å². The molecule has 0 bridgehead atoms. The number of ether oxygens (including phenoxy) is 2. The highest BCUT2D eigenvalue weighted by Crippen LogP contribution is 2.41. The van der Waals surface area contributed by atoms with Gasteiger partial charge in [0.25, 0.3) is 0 Å². The molecule has 0 aromatic rings. The van der Waals surface area contributed by atoms with Crippen molar-refractivity contribution in [3.05, 3.63) is 0 Å². The minimum absolute atomic E-state index is 0.0690. The van der Waals surface area contributed by atoms with E-state index >= 15 is 0 Å². The van der Waals surface area contributed by atoms with E-state index < -0.39 is 44.3 Å². The highest BCUT2D eigenvalue weighted by molar-refractivity contribution is 7.57. The predicted molar refractivity (Wildman–Crippen MR) is 76.8 cm³/mol. The van der Waals surface area contributed by atoms with Crippen molar-refractivity contribution in [2.24, 2.45) is 0 Å². The quantitative estimate of drug-likeness (QED) is 0.447. The Balaban J connectivity index is 4.71. The van der Waals surface area contributed by atoms with Gasteiger partial charge in [0.05, 0.1) is 26.1 Å². The number of carbonyl (C=O) groups excluding carboxylic acids is 2. The Labute approximate surface area is 128 Å². The smallest absolute Gasteiger partial charge is 0.410 e. The monoisotopic (exact) mass is 339 g/mol. The standard InChI is InChI=1S/C12H22NO8P/c1-3-20-11(16)5-7-13(12(17)21-4-2)9-22(18,19)8-6-10(14)15/h3-9H2,1-2H3,(H,14,15)(H,18,19). The van der Waals surface area contributed by atoms with E-state index in [1.807, 2.05) is 0 Å². The van der Waals surface area contributed by atoms with E-state index in [4.69, 9.17) is 14.6 Å². The van der Waals surface area contributed by atoms with E-state index in [1.54, 1.807) is 13.8 Å². The number of hydrogen-bond acceptors (Lipinski definition) is 6. The second-order valence-electron chi connectivity index (χ2n) is 4.37. The van der Waals surface area contributed by atoms with Gasteiger partial charge in [-0.05, 0) is 13.8 Å². The Morgan fingerprint density at radius 1 is 1.09 bits per heavy atom. The van der Waals surface area contributed by atoms with Crippen LogP contribution in [-0.4, -0.2) is 65.1 Å². The van der Waals surface area contributed by atoms with Gasteiger partial charge in [-0.2, -0.15) is 0 Å². The normalized spacial score (nSPS) is 13.0.